The van der Waals surface area contributed by atoms with Crippen molar-refractivity contribution in [1.29, 1.82) is 0 Å². The highest BCUT2D eigenvalue weighted by Gasteiger charge is 2.16. The van der Waals surface area contributed by atoms with E-state index in [1.54, 1.807) is 0 Å². The van der Waals surface area contributed by atoms with E-state index in [2.05, 4.69) is 35.8 Å². The first kappa shape index (κ1) is 12.9. The summed E-state index contributed by atoms with van der Waals surface area (Å²) in [6, 6.07) is 8.18. The fraction of sp³-hybridized carbons (Fsp3) is 0.500. The molecule has 1 aliphatic rings. The Kier molecular flexibility index (Phi) is 4.59. The Bertz CT molecular complexity index is 401. The lowest BCUT2D eigenvalue weighted by Crippen LogP contribution is -2.42. The van der Waals surface area contributed by atoms with Crippen molar-refractivity contribution >= 4 is 6.03 Å². The average Bonchev–Trinajstić information content (AvgIpc) is 2.82. The van der Waals surface area contributed by atoms with E-state index >= 15 is 0 Å². The van der Waals surface area contributed by atoms with Crippen LogP contribution in [0.3, 0.4) is 0 Å². The van der Waals surface area contributed by atoms with Gasteiger partial charge in [-0.05, 0) is 31.7 Å². The molecule has 1 unspecified atom stereocenters. The van der Waals surface area contributed by atoms with E-state index in [9.17, 15) is 4.79 Å². The molecule has 98 valence electrons. The first-order valence-electron chi connectivity index (χ1n) is 6.45. The van der Waals surface area contributed by atoms with Gasteiger partial charge in [-0.1, -0.05) is 29.8 Å². The highest BCUT2D eigenvalue weighted by molar-refractivity contribution is 5.74. The van der Waals surface area contributed by atoms with Gasteiger partial charge in [-0.15, -0.1) is 0 Å². The second-order valence-corrected chi connectivity index (χ2v) is 4.64. The molecule has 1 atom stereocenters. The smallest absolute Gasteiger partial charge is 0.316 e. The van der Waals surface area contributed by atoms with Gasteiger partial charge in [0.25, 0.3) is 0 Å². The molecule has 0 bridgehead atoms. The molecule has 4 heteroatoms. The number of carbonyl (C=O) groups excluding carboxylic acids is 1. The van der Waals surface area contributed by atoms with Gasteiger partial charge in [0.2, 0.25) is 0 Å². The Balaban J connectivity index is 1.66. The number of nitrogens with one attached hydrogen (secondary N) is 2. The third-order valence-electron chi connectivity index (χ3n) is 3.00. The molecule has 18 heavy (non-hydrogen) atoms. The van der Waals surface area contributed by atoms with Gasteiger partial charge in [-0.2, -0.15) is 0 Å². The number of carbonyl (C=O) groups is 1. The zero-order chi connectivity index (χ0) is 12.8. The van der Waals surface area contributed by atoms with Crippen LogP contribution < -0.4 is 10.6 Å². The maximum absolute atomic E-state index is 11.6. The van der Waals surface area contributed by atoms with Gasteiger partial charge < -0.3 is 15.4 Å². The van der Waals surface area contributed by atoms with E-state index in [0.717, 1.165) is 25.9 Å². The van der Waals surface area contributed by atoms with Crippen molar-refractivity contribution in [2.75, 3.05) is 13.2 Å². The minimum atomic E-state index is -0.144. The van der Waals surface area contributed by atoms with Crippen molar-refractivity contribution in [3.8, 4) is 0 Å². The van der Waals surface area contributed by atoms with Gasteiger partial charge >= 0.3 is 6.03 Å². The van der Waals surface area contributed by atoms with E-state index < -0.39 is 0 Å². The van der Waals surface area contributed by atoms with Crippen LogP contribution in [0.5, 0.6) is 0 Å². The number of ether oxygens (including phenoxy) is 1. The lowest BCUT2D eigenvalue weighted by molar-refractivity contribution is 0.0908. The standard InChI is InChI=1S/C14H20N2O2/c1-11-4-2-5-12(10-11)7-8-15-14(17)16-13-6-3-9-18-13/h2,4-5,10,13H,3,6-9H2,1H3,(H2,15,16,17). The molecule has 1 aliphatic heterocycles. The Morgan fingerprint density at radius 2 is 2.39 bits per heavy atom. The Labute approximate surface area is 108 Å². The molecule has 0 spiro atoms. The topological polar surface area (TPSA) is 50.4 Å². The van der Waals surface area contributed by atoms with Crippen LogP contribution in [0.2, 0.25) is 0 Å². The Morgan fingerprint density at radius 3 is 3.11 bits per heavy atom. The fourth-order valence-corrected chi connectivity index (χ4v) is 2.08. The molecule has 1 aromatic carbocycles. The molecule has 1 saturated heterocycles. The molecule has 0 aromatic heterocycles. The summed E-state index contributed by atoms with van der Waals surface area (Å²) >= 11 is 0. The summed E-state index contributed by atoms with van der Waals surface area (Å²) in [5.74, 6) is 0. The molecule has 2 rings (SSSR count). The van der Waals surface area contributed by atoms with Crippen LogP contribution in [-0.2, 0) is 11.2 Å². The molecule has 4 nitrogen and oxygen atoms in total. The van der Waals surface area contributed by atoms with Gasteiger partial charge in [-0.3, -0.25) is 0 Å². The number of aryl methyl sites for hydroxylation is 1. The molecule has 0 saturated carbocycles. The van der Waals surface area contributed by atoms with E-state index in [0.29, 0.717) is 6.54 Å². The average molecular weight is 248 g/mol. The number of hydrogen-bond acceptors (Lipinski definition) is 2. The van der Waals surface area contributed by atoms with Crippen LogP contribution in [0, 0.1) is 6.92 Å². The number of hydrogen-bond donors (Lipinski definition) is 2. The van der Waals surface area contributed by atoms with Crippen LogP contribution in [0.1, 0.15) is 24.0 Å². The largest absolute Gasteiger partial charge is 0.358 e. The van der Waals surface area contributed by atoms with E-state index in [1.165, 1.54) is 11.1 Å². The van der Waals surface area contributed by atoms with Crippen LogP contribution in [-0.4, -0.2) is 25.4 Å². The first-order valence-corrected chi connectivity index (χ1v) is 6.45. The number of benzene rings is 1. The molecule has 0 radical (unpaired) electrons. The van der Waals surface area contributed by atoms with Gasteiger partial charge in [0.15, 0.2) is 0 Å². The van der Waals surface area contributed by atoms with Crippen LogP contribution in [0.25, 0.3) is 0 Å². The van der Waals surface area contributed by atoms with Crippen LogP contribution in [0.15, 0.2) is 24.3 Å². The Morgan fingerprint density at radius 1 is 1.50 bits per heavy atom. The van der Waals surface area contributed by atoms with Gasteiger partial charge in [0, 0.05) is 13.2 Å². The molecule has 2 amide bonds. The third-order valence-corrected chi connectivity index (χ3v) is 3.00. The SMILES string of the molecule is Cc1cccc(CCNC(=O)NC2CCCO2)c1. The van der Waals surface area contributed by atoms with Crippen molar-refractivity contribution in [3.05, 3.63) is 35.4 Å². The molecule has 1 aromatic rings. The molecule has 2 N–H and O–H groups in total. The zero-order valence-corrected chi connectivity index (χ0v) is 10.7. The van der Waals surface area contributed by atoms with Gasteiger partial charge in [0.1, 0.15) is 6.23 Å². The van der Waals surface area contributed by atoms with Crippen molar-refractivity contribution in [2.45, 2.75) is 32.4 Å². The first-order chi connectivity index (χ1) is 8.74. The molecule has 0 aliphatic carbocycles. The predicted molar refractivity (Wildman–Crippen MR) is 70.4 cm³/mol. The van der Waals surface area contributed by atoms with Crippen LogP contribution >= 0.6 is 0 Å². The number of rotatable bonds is 4. The summed E-state index contributed by atoms with van der Waals surface area (Å²) < 4.78 is 5.33. The lowest BCUT2D eigenvalue weighted by Gasteiger charge is -2.12. The molecular formula is C14H20N2O2. The quantitative estimate of drug-likeness (QED) is 0.856. The summed E-state index contributed by atoms with van der Waals surface area (Å²) in [7, 11) is 0. The van der Waals surface area contributed by atoms with Gasteiger partial charge in [-0.25, -0.2) is 4.79 Å². The zero-order valence-electron chi connectivity index (χ0n) is 10.7. The summed E-state index contributed by atoms with van der Waals surface area (Å²) in [4.78, 5) is 11.6. The van der Waals surface area contributed by atoms with Crippen molar-refractivity contribution in [1.82, 2.24) is 10.6 Å². The summed E-state index contributed by atoms with van der Waals surface area (Å²) in [6.07, 6.45) is 2.67. The van der Waals surface area contributed by atoms with E-state index in [1.807, 2.05) is 6.07 Å². The third kappa shape index (κ3) is 4.04. The normalized spacial score (nSPS) is 18.6. The predicted octanol–water partition coefficient (Wildman–Crippen LogP) is 1.97. The second-order valence-electron chi connectivity index (χ2n) is 4.64. The molecule has 1 fully saturated rings. The van der Waals surface area contributed by atoms with Crippen molar-refractivity contribution in [3.63, 3.8) is 0 Å². The minimum Gasteiger partial charge on any atom is -0.358 e. The van der Waals surface area contributed by atoms with Gasteiger partial charge in [0.05, 0.1) is 0 Å². The molecular weight excluding hydrogens is 228 g/mol. The lowest BCUT2D eigenvalue weighted by atomic mass is 10.1. The highest BCUT2D eigenvalue weighted by Crippen LogP contribution is 2.08. The highest BCUT2D eigenvalue weighted by atomic mass is 16.5. The Hall–Kier alpha value is -1.55. The number of urea groups is 1. The fourth-order valence-electron chi connectivity index (χ4n) is 2.08. The summed E-state index contributed by atoms with van der Waals surface area (Å²) in [5, 5.41) is 5.65. The maximum Gasteiger partial charge on any atom is 0.316 e. The summed E-state index contributed by atoms with van der Waals surface area (Å²) in [6.45, 7) is 3.46. The minimum absolute atomic E-state index is 0.107. The monoisotopic (exact) mass is 248 g/mol. The van der Waals surface area contributed by atoms with E-state index in [4.69, 9.17) is 4.74 Å². The molecule has 1 heterocycles. The van der Waals surface area contributed by atoms with Crippen LogP contribution in [0.4, 0.5) is 4.79 Å². The summed E-state index contributed by atoms with van der Waals surface area (Å²) in [5.41, 5.74) is 2.49. The maximum atomic E-state index is 11.6. The van der Waals surface area contributed by atoms with E-state index in [-0.39, 0.29) is 12.3 Å². The van der Waals surface area contributed by atoms with Crippen molar-refractivity contribution in [2.24, 2.45) is 0 Å². The van der Waals surface area contributed by atoms with Crippen molar-refractivity contribution < 1.29 is 9.53 Å². The second kappa shape index (κ2) is 6.40. The number of amides is 2.